The van der Waals surface area contributed by atoms with E-state index in [2.05, 4.69) is 5.32 Å². The van der Waals surface area contributed by atoms with Crippen molar-refractivity contribution in [3.8, 4) is 0 Å². The number of benzene rings is 1. The Kier molecular flexibility index (Phi) is 3.39. The van der Waals surface area contributed by atoms with Crippen molar-refractivity contribution in [3.05, 3.63) is 35.4 Å². The Hall–Kier alpha value is -1.98. The van der Waals surface area contributed by atoms with E-state index in [0.29, 0.717) is 0 Å². The third-order valence-electron chi connectivity index (χ3n) is 4.14. The van der Waals surface area contributed by atoms with Gasteiger partial charge in [0.2, 0.25) is 11.8 Å². The van der Waals surface area contributed by atoms with Gasteiger partial charge < -0.3 is 10.2 Å². The van der Waals surface area contributed by atoms with Crippen LogP contribution in [0.1, 0.15) is 25.3 Å². The molecule has 1 saturated carbocycles. The van der Waals surface area contributed by atoms with Crippen molar-refractivity contribution in [3.63, 3.8) is 0 Å². The standard InChI is InChI=1S/C15H16F2N2O2/c1-8-14(20)18-13(9-2-3-9)15(21)19(8)7-10-4-5-11(16)6-12(10)17/h4-6,8-9,13H,2-3,7H2,1H3,(H,18,20). The molecule has 6 heteroatoms. The highest BCUT2D eigenvalue weighted by Crippen LogP contribution is 2.35. The minimum Gasteiger partial charge on any atom is -0.342 e. The van der Waals surface area contributed by atoms with E-state index < -0.39 is 23.7 Å². The predicted octanol–water partition coefficient (Wildman–Crippen LogP) is 1.59. The van der Waals surface area contributed by atoms with Gasteiger partial charge in [-0.15, -0.1) is 0 Å². The molecule has 2 amide bonds. The van der Waals surface area contributed by atoms with Crippen molar-refractivity contribution in [2.75, 3.05) is 0 Å². The van der Waals surface area contributed by atoms with E-state index in [1.54, 1.807) is 6.92 Å². The Morgan fingerprint density at radius 3 is 2.62 bits per heavy atom. The fraction of sp³-hybridized carbons (Fsp3) is 0.467. The van der Waals surface area contributed by atoms with Crippen LogP contribution in [0.5, 0.6) is 0 Å². The number of hydrogen-bond donors (Lipinski definition) is 1. The van der Waals surface area contributed by atoms with Crippen molar-refractivity contribution < 1.29 is 18.4 Å². The Morgan fingerprint density at radius 1 is 1.29 bits per heavy atom. The molecule has 2 fully saturated rings. The summed E-state index contributed by atoms with van der Waals surface area (Å²) in [5, 5.41) is 2.73. The average Bonchev–Trinajstić information content (AvgIpc) is 3.25. The third-order valence-corrected chi connectivity index (χ3v) is 4.14. The molecule has 112 valence electrons. The summed E-state index contributed by atoms with van der Waals surface area (Å²) in [4.78, 5) is 25.8. The van der Waals surface area contributed by atoms with E-state index in [4.69, 9.17) is 0 Å². The van der Waals surface area contributed by atoms with Gasteiger partial charge in [-0.2, -0.15) is 0 Å². The second-order valence-electron chi connectivity index (χ2n) is 5.70. The van der Waals surface area contributed by atoms with Gasteiger partial charge in [-0.1, -0.05) is 6.07 Å². The van der Waals surface area contributed by atoms with Crippen LogP contribution >= 0.6 is 0 Å². The Balaban J connectivity index is 1.84. The minimum absolute atomic E-state index is 0.0250. The van der Waals surface area contributed by atoms with E-state index in [9.17, 15) is 18.4 Å². The molecule has 1 saturated heterocycles. The van der Waals surface area contributed by atoms with Gasteiger partial charge in [0.15, 0.2) is 0 Å². The predicted molar refractivity (Wildman–Crippen MR) is 71.0 cm³/mol. The Labute approximate surface area is 121 Å². The van der Waals surface area contributed by atoms with Gasteiger partial charge in [0.25, 0.3) is 0 Å². The fourth-order valence-corrected chi connectivity index (χ4v) is 2.64. The second-order valence-corrected chi connectivity index (χ2v) is 5.70. The van der Waals surface area contributed by atoms with Crippen LogP contribution in [0.3, 0.4) is 0 Å². The number of halogens is 2. The molecule has 4 nitrogen and oxygen atoms in total. The number of carbonyl (C=O) groups is 2. The maximum absolute atomic E-state index is 13.7. The van der Waals surface area contributed by atoms with E-state index in [0.717, 1.165) is 25.0 Å². The van der Waals surface area contributed by atoms with Crippen LogP contribution in [0.25, 0.3) is 0 Å². The molecule has 1 heterocycles. The number of amides is 2. The smallest absolute Gasteiger partial charge is 0.246 e. The number of nitrogens with zero attached hydrogens (tertiary/aromatic N) is 1. The van der Waals surface area contributed by atoms with E-state index in [-0.39, 0.29) is 29.8 Å². The molecule has 1 aromatic carbocycles. The third kappa shape index (κ3) is 2.62. The molecular weight excluding hydrogens is 278 g/mol. The number of hydrogen-bond acceptors (Lipinski definition) is 2. The largest absolute Gasteiger partial charge is 0.342 e. The summed E-state index contributed by atoms with van der Waals surface area (Å²) in [5.74, 6) is -1.59. The highest BCUT2D eigenvalue weighted by Gasteiger charge is 2.45. The molecule has 1 aromatic rings. The van der Waals surface area contributed by atoms with Crippen LogP contribution in [-0.4, -0.2) is 28.8 Å². The monoisotopic (exact) mass is 294 g/mol. The molecule has 21 heavy (non-hydrogen) atoms. The first kappa shape index (κ1) is 14.0. The lowest BCUT2D eigenvalue weighted by Gasteiger charge is -2.37. The van der Waals surface area contributed by atoms with Gasteiger partial charge in [0.1, 0.15) is 23.7 Å². The first-order valence-electron chi connectivity index (χ1n) is 7.02. The molecule has 0 bridgehead atoms. The fourth-order valence-electron chi connectivity index (χ4n) is 2.64. The van der Waals surface area contributed by atoms with Crippen molar-refractivity contribution in [1.82, 2.24) is 10.2 Å². The summed E-state index contributed by atoms with van der Waals surface area (Å²) in [6, 6.07) is 2.08. The molecular formula is C15H16F2N2O2. The van der Waals surface area contributed by atoms with Gasteiger partial charge in [-0.25, -0.2) is 8.78 Å². The summed E-state index contributed by atoms with van der Waals surface area (Å²) < 4.78 is 26.7. The lowest BCUT2D eigenvalue weighted by Crippen LogP contribution is -2.62. The van der Waals surface area contributed by atoms with Crippen LogP contribution in [0.15, 0.2) is 18.2 Å². The summed E-state index contributed by atoms with van der Waals surface area (Å²) in [5.41, 5.74) is 0.209. The highest BCUT2D eigenvalue weighted by molar-refractivity contribution is 5.97. The van der Waals surface area contributed by atoms with Crippen LogP contribution in [0.2, 0.25) is 0 Å². The number of rotatable bonds is 3. The number of piperazine rings is 1. The molecule has 0 spiro atoms. The average molecular weight is 294 g/mol. The van der Waals surface area contributed by atoms with Crippen LogP contribution < -0.4 is 5.32 Å². The number of nitrogens with one attached hydrogen (secondary N) is 1. The topological polar surface area (TPSA) is 49.4 Å². The van der Waals surface area contributed by atoms with Gasteiger partial charge in [-0.05, 0) is 31.7 Å². The molecule has 2 unspecified atom stereocenters. The lowest BCUT2D eigenvalue weighted by atomic mass is 10.0. The normalized spacial score (nSPS) is 26.0. The van der Waals surface area contributed by atoms with Gasteiger partial charge in [-0.3, -0.25) is 9.59 Å². The first-order chi connectivity index (χ1) is 9.97. The maximum atomic E-state index is 13.7. The van der Waals surface area contributed by atoms with Crippen molar-refractivity contribution in [1.29, 1.82) is 0 Å². The molecule has 1 aliphatic heterocycles. The lowest BCUT2D eigenvalue weighted by molar-refractivity contribution is -0.150. The zero-order valence-electron chi connectivity index (χ0n) is 11.6. The quantitative estimate of drug-likeness (QED) is 0.920. The minimum atomic E-state index is -0.705. The van der Waals surface area contributed by atoms with Crippen LogP contribution in [0.4, 0.5) is 8.78 Å². The van der Waals surface area contributed by atoms with Gasteiger partial charge in [0.05, 0.1) is 0 Å². The molecule has 1 N–H and O–H groups in total. The van der Waals surface area contributed by atoms with E-state index >= 15 is 0 Å². The Bertz CT molecular complexity index is 601. The number of carbonyl (C=O) groups excluding carboxylic acids is 2. The summed E-state index contributed by atoms with van der Waals surface area (Å²) in [6.07, 6.45) is 1.84. The molecule has 2 aliphatic rings. The van der Waals surface area contributed by atoms with Gasteiger partial charge in [0, 0.05) is 18.2 Å². The van der Waals surface area contributed by atoms with Crippen molar-refractivity contribution in [2.45, 2.75) is 38.4 Å². The summed E-state index contributed by atoms with van der Waals surface area (Å²) in [6.45, 7) is 1.58. The van der Waals surface area contributed by atoms with Crippen molar-refractivity contribution >= 4 is 11.8 Å². The maximum Gasteiger partial charge on any atom is 0.246 e. The second kappa shape index (κ2) is 5.09. The van der Waals surface area contributed by atoms with Gasteiger partial charge >= 0.3 is 0 Å². The molecule has 1 aliphatic carbocycles. The summed E-state index contributed by atoms with van der Waals surface area (Å²) >= 11 is 0. The molecule has 0 aromatic heterocycles. The van der Waals surface area contributed by atoms with Crippen LogP contribution in [-0.2, 0) is 16.1 Å². The van der Waals surface area contributed by atoms with Crippen LogP contribution in [0, 0.1) is 17.6 Å². The van der Waals surface area contributed by atoms with E-state index in [1.807, 2.05) is 0 Å². The molecule has 2 atom stereocenters. The zero-order valence-corrected chi connectivity index (χ0v) is 11.6. The molecule has 3 rings (SSSR count). The Morgan fingerprint density at radius 2 is 2.00 bits per heavy atom. The highest BCUT2D eigenvalue weighted by atomic mass is 19.1. The summed E-state index contributed by atoms with van der Waals surface area (Å²) in [7, 11) is 0. The molecule has 0 radical (unpaired) electrons. The SMILES string of the molecule is CC1C(=O)NC(C2CC2)C(=O)N1Cc1ccc(F)cc1F. The van der Waals surface area contributed by atoms with Crippen molar-refractivity contribution in [2.24, 2.45) is 5.92 Å². The first-order valence-corrected chi connectivity index (χ1v) is 7.02. The zero-order chi connectivity index (χ0) is 15.1. The van der Waals surface area contributed by atoms with E-state index in [1.165, 1.54) is 11.0 Å².